The lowest BCUT2D eigenvalue weighted by Gasteiger charge is -2.59. The first-order chi connectivity index (χ1) is 5.26. The van der Waals surface area contributed by atoms with Crippen molar-refractivity contribution in [1.29, 1.82) is 0 Å². The van der Waals surface area contributed by atoms with Crippen LogP contribution < -0.4 is 0 Å². The summed E-state index contributed by atoms with van der Waals surface area (Å²) >= 11 is 0. The van der Waals surface area contributed by atoms with Crippen molar-refractivity contribution in [3.8, 4) is 0 Å². The Kier molecular flexibility index (Phi) is 1.94. The number of rotatable bonds is 1. The molecule has 70 valence electrons. The quantitative estimate of drug-likeness (QED) is 0.516. The van der Waals surface area contributed by atoms with E-state index in [1.165, 1.54) is 0 Å². The van der Waals surface area contributed by atoms with E-state index in [0.717, 1.165) is 5.92 Å². The van der Waals surface area contributed by atoms with Crippen LogP contribution in [0.5, 0.6) is 0 Å². The molecular weight excluding hydrogens is 144 g/mol. The average Bonchev–Trinajstić information content (AvgIpc) is 1.99. The largest absolute Gasteiger partial charge is 0.0673 e. The zero-order valence-electron chi connectivity index (χ0n) is 9.58. The summed E-state index contributed by atoms with van der Waals surface area (Å²) in [6.07, 6.45) is 0. The van der Waals surface area contributed by atoms with Crippen LogP contribution in [0, 0.1) is 16.7 Å². The van der Waals surface area contributed by atoms with Gasteiger partial charge in [0, 0.05) is 0 Å². The van der Waals surface area contributed by atoms with E-state index in [4.69, 9.17) is 0 Å². The van der Waals surface area contributed by atoms with Gasteiger partial charge in [0.2, 0.25) is 0 Å². The van der Waals surface area contributed by atoms with Crippen LogP contribution in [0.4, 0.5) is 0 Å². The molecule has 0 nitrogen and oxygen atoms in total. The molecule has 1 unspecified atom stereocenters. The summed E-state index contributed by atoms with van der Waals surface area (Å²) in [4.78, 5) is 0. The molecule has 0 heterocycles. The molecule has 0 spiro atoms. The lowest BCUT2D eigenvalue weighted by Crippen LogP contribution is -2.50. The second kappa shape index (κ2) is 2.37. The third-order valence-corrected chi connectivity index (χ3v) is 4.73. The van der Waals surface area contributed by atoms with Crippen LogP contribution in [-0.2, 0) is 0 Å². The van der Waals surface area contributed by atoms with E-state index in [1.807, 2.05) is 0 Å². The lowest BCUT2D eigenvalue weighted by atomic mass is 9.46. The standard InChI is InChI=1S/C12H22/c1-8(2)12(7)10(4)9(3)11(12,5)6/h8H,1-7H3. The van der Waals surface area contributed by atoms with Crippen LogP contribution >= 0.6 is 0 Å². The third-order valence-electron chi connectivity index (χ3n) is 4.73. The Labute approximate surface area is 77.1 Å². The average molecular weight is 166 g/mol. The van der Waals surface area contributed by atoms with Gasteiger partial charge >= 0.3 is 0 Å². The van der Waals surface area contributed by atoms with Crippen LogP contribution in [0.3, 0.4) is 0 Å². The first kappa shape index (κ1) is 9.83. The molecule has 0 aliphatic heterocycles. The van der Waals surface area contributed by atoms with Crippen LogP contribution in [0.2, 0.25) is 0 Å². The highest BCUT2D eigenvalue weighted by Gasteiger charge is 2.53. The van der Waals surface area contributed by atoms with Crippen LogP contribution in [0.1, 0.15) is 48.5 Å². The minimum Gasteiger partial charge on any atom is -0.0673 e. The maximum absolute atomic E-state index is 2.40. The topological polar surface area (TPSA) is 0 Å². The summed E-state index contributed by atoms with van der Waals surface area (Å²) in [6, 6.07) is 0. The van der Waals surface area contributed by atoms with Gasteiger partial charge in [-0.2, -0.15) is 0 Å². The van der Waals surface area contributed by atoms with E-state index in [-0.39, 0.29) is 0 Å². The highest BCUT2D eigenvalue weighted by atomic mass is 14.6. The van der Waals surface area contributed by atoms with Crippen molar-refractivity contribution >= 4 is 0 Å². The first-order valence-electron chi connectivity index (χ1n) is 4.94. The molecule has 0 fully saturated rings. The maximum atomic E-state index is 2.40. The normalized spacial score (nSPS) is 34.0. The molecule has 0 aromatic rings. The molecule has 0 saturated heterocycles. The molecule has 0 bridgehead atoms. The number of hydrogen-bond acceptors (Lipinski definition) is 0. The fraction of sp³-hybridized carbons (Fsp3) is 0.833. The van der Waals surface area contributed by atoms with Crippen molar-refractivity contribution in [3.05, 3.63) is 11.1 Å². The number of hydrogen-bond donors (Lipinski definition) is 0. The predicted molar refractivity (Wildman–Crippen MR) is 55.1 cm³/mol. The van der Waals surface area contributed by atoms with E-state index in [0.29, 0.717) is 10.8 Å². The third kappa shape index (κ3) is 0.787. The summed E-state index contributed by atoms with van der Waals surface area (Å²) in [7, 11) is 0. The molecule has 0 N–H and O–H groups in total. The van der Waals surface area contributed by atoms with Gasteiger partial charge in [0.05, 0.1) is 0 Å². The SMILES string of the molecule is CC1=C(C)C(C)(C(C)C)C1(C)C. The molecule has 1 aliphatic rings. The molecule has 1 rings (SSSR count). The minimum absolute atomic E-state index is 0.408. The van der Waals surface area contributed by atoms with Crippen molar-refractivity contribution in [2.24, 2.45) is 16.7 Å². The van der Waals surface area contributed by atoms with E-state index in [2.05, 4.69) is 48.5 Å². The van der Waals surface area contributed by atoms with Crippen molar-refractivity contribution in [3.63, 3.8) is 0 Å². The van der Waals surface area contributed by atoms with E-state index < -0.39 is 0 Å². The smallest absolute Gasteiger partial charge is 0.000515 e. The molecule has 1 atom stereocenters. The van der Waals surface area contributed by atoms with Gasteiger partial charge < -0.3 is 0 Å². The van der Waals surface area contributed by atoms with Crippen molar-refractivity contribution in [1.82, 2.24) is 0 Å². The predicted octanol–water partition coefficient (Wildman–Crippen LogP) is 4.02. The second-order valence-corrected chi connectivity index (χ2v) is 5.23. The second-order valence-electron chi connectivity index (χ2n) is 5.23. The minimum atomic E-state index is 0.408. The van der Waals surface area contributed by atoms with Crippen molar-refractivity contribution < 1.29 is 0 Å². The Balaban J connectivity index is 3.14. The molecule has 0 aromatic heterocycles. The zero-order valence-corrected chi connectivity index (χ0v) is 9.58. The molecule has 12 heavy (non-hydrogen) atoms. The van der Waals surface area contributed by atoms with Gasteiger partial charge in [-0.15, -0.1) is 0 Å². The van der Waals surface area contributed by atoms with E-state index in [9.17, 15) is 0 Å². The summed E-state index contributed by atoms with van der Waals surface area (Å²) in [5.41, 5.74) is 4.05. The monoisotopic (exact) mass is 166 g/mol. The summed E-state index contributed by atoms with van der Waals surface area (Å²) < 4.78 is 0. The fourth-order valence-electron chi connectivity index (χ4n) is 2.81. The van der Waals surface area contributed by atoms with Gasteiger partial charge in [0.1, 0.15) is 0 Å². The highest BCUT2D eigenvalue weighted by molar-refractivity contribution is 5.39. The van der Waals surface area contributed by atoms with Gasteiger partial charge in [0.15, 0.2) is 0 Å². The lowest BCUT2D eigenvalue weighted by molar-refractivity contribution is 0.0633. The molecule has 0 radical (unpaired) electrons. The Hall–Kier alpha value is -0.260. The maximum Gasteiger partial charge on any atom is -0.000515 e. The summed E-state index contributed by atoms with van der Waals surface area (Å²) in [5.74, 6) is 0.746. The zero-order chi connectivity index (χ0) is 9.73. The molecule has 0 aromatic carbocycles. The molecule has 0 heteroatoms. The molecule has 0 saturated carbocycles. The van der Waals surface area contributed by atoms with Crippen LogP contribution in [0.25, 0.3) is 0 Å². The first-order valence-corrected chi connectivity index (χ1v) is 4.94. The van der Waals surface area contributed by atoms with Gasteiger partial charge in [0.25, 0.3) is 0 Å². The Morgan fingerprint density at radius 3 is 1.50 bits per heavy atom. The highest BCUT2D eigenvalue weighted by Crippen LogP contribution is 2.63. The van der Waals surface area contributed by atoms with E-state index in [1.54, 1.807) is 11.1 Å². The number of allylic oxidation sites excluding steroid dienone is 2. The molecule has 1 aliphatic carbocycles. The summed E-state index contributed by atoms with van der Waals surface area (Å²) in [6.45, 7) is 16.4. The van der Waals surface area contributed by atoms with Crippen LogP contribution in [-0.4, -0.2) is 0 Å². The van der Waals surface area contributed by atoms with Gasteiger partial charge in [-0.05, 0) is 30.6 Å². The van der Waals surface area contributed by atoms with Gasteiger partial charge in [-0.1, -0.05) is 45.8 Å². The Bertz CT molecular complexity index is 230. The summed E-state index contributed by atoms with van der Waals surface area (Å²) in [5, 5.41) is 0. The van der Waals surface area contributed by atoms with Crippen LogP contribution in [0.15, 0.2) is 11.1 Å². The van der Waals surface area contributed by atoms with E-state index >= 15 is 0 Å². The molecular formula is C12H22. The molecule has 0 amide bonds. The Morgan fingerprint density at radius 1 is 0.917 bits per heavy atom. The van der Waals surface area contributed by atoms with Crippen molar-refractivity contribution in [2.75, 3.05) is 0 Å². The van der Waals surface area contributed by atoms with Gasteiger partial charge in [-0.3, -0.25) is 0 Å². The fourth-order valence-corrected chi connectivity index (χ4v) is 2.81. The van der Waals surface area contributed by atoms with Gasteiger partial charge in [-0.25, -0.2) is 0 Å². The Morgan fingerprint density at radius 2 is 1.33 bits per heavy atom. The van der Waals surface area contributed by atoms with Crippen molar-refractivity contribution in [2.45, 2.75) is 48.5 Å².